The Morgan fingerprint density at radius 3 is 1.68 bits per heavy atom. The molecule has 0 aliphatic heterocycles. The van der Waals surface area contributed by atoms with E-state index < -0.39 is 0 Å². The summed E-state index contributed by atoms with van der Waals surface area (Å²) in [4.78, 5) is 0. The SMILES string of the molecule is CC=CCCCCCCC/C=C\C/C=C\CCCC. The fourth-order valence-electron chi connectivity index (χ4n) is 2.05. The van der Waals surface area contributed by atoms with Crippen molar-refractivity contribution in [3.05, 3.63) is 36.5 Å². The minimum absolute atomic E-state index is 1.12. The first-order valence-electron chi connectivity index (χ1n) is 8.33. The van der Waals surface area contributed by atoms with Crippen molar-refractivity contribution in [2.24, 2.45) is 0 Å². The van der Waals surface area contributed by atoms with Gasteiger partial charge in [0, 0.05) is 0 Å². The Morgan fingerprint density at radius 2 is 1.11 bits per heavy atom. The van der Waals surface area contributed by atoms with Gasteiger partial charge in [0.25, 0.3) is 0 Å². The summed E-state index contributed by atoms with van der Waals surface area (Å²) in [6.07, 6.45) is 28.2. The van der Waals surface area contributed by atoms with Crippen molar-refractivity contribution in [2.75, 3.05) is 0 Å². The maximum absolute atomic E-state index is 2.35. The lowest BCUT2D eigenvalue weighted by Crippen LogP contribution is -1.78. The number of allylic oxidation sites excluding steroid dienone is 6. The van der Waals surface area contributed by atoms with Gasteiger partial charge in [-0.1, -0.05) is 75.5 Å². The van der Waals surface area contributed by atoms with Gasteiger partial charge < -0.3 is 0 Å². The number of hydrogen-bond donors (Lipinski definition) is 0. The summed E-state index contributed by atoms with van der Waals surface area (Å²) >= 11 is 0. The molecule has 0 rings (SSSR count). The molecule has 0 amide bonds. The van der Waals surface area contributed by atoms with Crippen LogP contribution in [0.3, 0.4) is 0 Å². The molecule has 0 saturated carbocycles. The normalized spacial score (nSPS) is 12.3. The lowest BCUT2D eigenvalue weighted by molar-refractivity contribution is 0.621. The van der Waals surface area contributed by atoms with Crippen molar-refractivity contribution in [3.63, 3.8) is 0 Å². The van der Waals surface area contributed by atoms with E-state index in [4.69, 9.17) is 0 Å². The Bertz CT molecular complexity index is 232. The molecule has 0 spiro atoms. The molecule has 0 N–H and O–H groups in total. The van der Waals surface area contributed by atoms with Gasteiger partial charge >= 0.3 is 0 Å². The van der Waals surface area contributed by atoms with Gasteiger partial charge in [-0.3, -0.25) is 0 Å². The van der Waals surface area contributed by atoms with E-state index in [1.54, 1.807) is 0 Å². The van der Waals surface area contributed by atoms with Gasteiger partial charge in [0.15, 0.2) is 0 Å². The molecule has 0 heteroatoms. The molecular formula is C19H34. The van der Waals surface area contributed by atoms with Crippen molar-refractivity contribution in [3.8, 4) is 0 Å². The van der Waals surface area contributed by atoms with Crippen LogP contribution in [0.1, 0.15) is 84.5 Å². The molecule has 0 fully saturated rings. The lowest BCUT2D eigenvalue weighted by Gasteiger charge is -1.97. The predicted molar refractivity (Wildman–Crippen MR) is 89.6 cm³/mol. The average Bonchev–Trinajstić information content (AvgIpc) is 2.43. The standard InChI is InChI=1S/C19H34/c1-3-5-7-9-11-13-15-17-19-18-16-14-12-10-8-6-4-2/h3,5,10,12,16,18H,4,6-9,11,13-15,17,19H2,1-2H3/b5-3?,12-10-,18-16-. The van der Waals surface area contributed by atoms with E-state index in [1.807, 2.05) is 0 Å². The molecule has 0 saturated heterocycles. The van der Waals surface area contributed by atoms with E-state index in [1.165, 1.54) is 64.2 Å². The van der Waals surface area contributed by atoms with Crippen LogP contribution in [-0.4, -0.2) is 0 Å². The topological polar surface area (TPSA) is 0 Å². The highest BCUT2D eigenvalue weighted by molar-refractivity contribution is 4.92. The van der Waals surface area contributed by atoms with Crippen LogP contribution < -0.4 is 0 Å². The van der Waals surface area contributed by atoms with Gasteiger partial charge in [-0.25, -0.2) is 0 Å². The Labute approximate surface area is 121 Å². The van der Waals surface area contributed by atoms with Gasteiger partial charge in [0.2, 0.25) is 0 Å². The van der Waals surface area contributed by atoms with Crippen LogP contribution in [0.5, 0.6) is 0 Å². The first-order chi connectivity index (χ1) is 9.41. The summed E-state index contributed by atoms with van der Waals surface area (Å²) in [5.41, 5.74) is 0. The molecule has 0 atom stereocenters. The molecule has 0 aromatic rings. The molecule has 0 aromatic carbocycles. The van der Waals surface area contributed by atoms with E-state index >= 15 is 0 Å². The molecule has 0 unspecified atom stereocenters. The zero-order valence-electron chi connectivity index (χ0n) is 13.2. The van der Waals surface area contributed by atoms with Gasteiger partial charge in [0.05, 0.1) is 0 Å². The van der Waals surface area contributed by atoms with Gasteiger partial charge in [0.1, 0.15) is 0 Å². The molecule has 0 nitrogen and oxygen atoms in total. The second kappa shape index (κ2) is 17.2. The highest BCUT2D eigenvalue weighted by Gasteiger charge is 1.88. The maximum atomic E-state index is 2.35. The molecule has 19 heavy (non-hydrogen) atoms. The highest BCUT2D eigenvalue weighted by Crippen LogP contribution is 2.08. The van der Waals surface area contributed by atoms with E-state index in [2.05, 4.69) is 50.3 Å². The van der Waals surface area contributed by atoms with Gasteiger partial charge in [-0.15, -0.1) is 0 Å². The highest BCUT2D eigenvalue weighted by atomic mass is 13.9. The number of hydrogen-bond acceptors (Lipinski definition) is 0. The fraction of sp³-hybridized carbons (Fsp3) is 0.684. The maximum Gasteiger partial charge on any atom is -0.0169 e. The van der Waals surface area contributed by atoms with Gasteiger partial charge in [-0.2, -0.15) is 0 Å². The summed E-state index contributed by atoms with van der Waals surface area (Å²) in [5.74, 6) is 0. The lowest BCUT2D eigenvalue weighted by atomic mass is 10.1. The third-order valence-electron chi connectivity index (χ3n) is 3.31. The van der Waals surface area contributed by atoms with Crippen molar-refractivity contribution in [1.29, 1.82) is 0 Å². The van der Waals surface area contributed by atoms with E-state index in [0.29, 0.717) is 0 Å². The average molecular weight is 262 g/mol. The summed E-state index contributed by atoms with van der Waals surface area (Å²) in [7, 11) is 0. The first-order valence-corrected chi connectivity index (χ1v) is 8.33. The largest absolute Gasteiger partial charge is 0.0917 e. The minimum atomic E-state index is 1.12. The molecule has 0 heterocycles. The Kier molecular flexibility index (Phi) is 16.5. The number of rotatable bonds is 13. The van der Waals surface area contributed by atoms with Crippen LogP contribution in [0.15, 0.2) is 36.5 Å². The third-order valence-corrected chi connectivity index (χ3v) is 3.31. The van der Waals surface area contributed by atoms with Crippen molar-refractivity contribution < 1.29 is 0 Å². The van der Waals surface area contributed by atoms with Crippen molar-refractivity contribution in [1.82, 2.24) is 0 Å². The third kappa shape index (κ3) is 17.2. The molecule has 0 aromatic heterocycles. The fourth-order valence-corrected chi connectivity index (χ4v) is 2.05. The van der Waals surface area contributed by atoms with Crippen LogP contribution >= 0.6 is 0 Å². The zero-order chi connectivity index (χ0) is 14.0. The number of unbranched alkanes of at least 4 members (excludes halogenated alkanes) is 8. The Hall–Kier alpha value is -0.780. The molecule has 0 radical (unpaired) electrons. The predicted octanol–water partition coefficient (Wildman–Crippen LogP) is 6.99. The van der Waals surface area contributed by atoms with Crippen LogP contribution in [0, 0.1) is 0 Å². The van der Waals surface area contributed by atoms with E-state index in [9.17, 15) is 0 Å². The summed E-state index contributed by atoms with van der Waals surface area (Å²) in [6, 6.07) is 0. The van der Waals surface area contributed by atoms with Crippen molar-refractivity contribution >= 4 is 0 Å². The first kappa shape index (κ1) is 18.2. The van der Waals surface area contributed by atoms with E-state index in [-0.39, 0.29) is 0 Å². The summed E-state index contributed by atoms with van der Waals surface area (Å²) in [6.45, 7) is 4.35. The van der Waals surface area contributed by atoms with Crippen LogP contribution in [0.25, 0.3) is 0 Å². The quantitative estimate of drug-likeness (QED) is 0.248. The molecule has 0 aliphatic carbocycles. The molecule has 0 bridgehead atoms. The Morgan fingerprint density at radius 1 is 0.579 bits per heavy atom. The molecule has 110 valence electrons. The second-order valence-corrected chi connectivity index (χ2v) is 5.23. The summed E-state index contributed by atoms with van der Waals surface area (Å²) in [5, 5.41) is 0. The second-order valence-electron chi connectivity index (χ2n) is 5.23. The molecule has 0 aliphatic rings. The van der Waals surface area contributed by atoms with Crippen LogP contribution in [0.2, 0.25) is 0 Å². The van der Waals surface area contributed by atoms with Crippen LogP contribution in [0.4, 0.5) is 0 Å². The van der Waals surface area contributed by atoms with Crippen molar-refractivity contribution in [2.45, 2.75) is 84.5 Å². The van der Waals surface area contributed by atoms with Crippen LogP contribution in [-0.2, 0) is 0 Å². The molecular weight excluding hydrogens is 228 g/mol. The summed E-state index contributed by atoms with van der Waals surface area (Å²) < 4.78 is 0. The Balaban J connectivity index is 3.14. The van der Waals surface area contributed by atoms with Gasteiger partial charge in [-0.05, 0) is 45.4 Å². The monoisotopic (exact) mass is 262 g/mol. The zero-order valence-corrected chi connectivity index (χ0v) is 13.2. The van der Waals surface area contributed by atoms with E-state index in [0.717, 1.165) is 6.42 Å². The smallest absolute Gasteiger partial charge is 0.0169 e. The minimum Gasteiger partial charge on any atom is -0.0917 e.